The quantitative estimate of drug-likeness (QED) is 0.528. The van der Waals surface area contributed by atoms with Crippen molar-refractivity contribution in [3.63, 3.8) is 0 Å². The van der Waals surface area contributed by atoms with Gasteiger partial charge in [-0.25, -0.2) is 0 Å². The molecular formula is C6H12N2O2S. The molecule has 1 atom stereocenters. The monoisotopic (exact) mass is 176 g/mol. The highest BCUT2D eigenvalue weighted by atomic mass is 32.2. The van der Waals surface area contributed by atoms with Crippen molar-refractivity contribution in [2.24, 2.45) is 5.73 Å². The summed E-state index contributed by atoms with van der Waals surface area (Å²) in [4.78, 5) is 20.5. The molecule has 0 aliphatic rings. The molecule has 0 fully saturated rings. The van der Waals surface area contributed by atoms with Crippen LogP contribution in [0.25, 0.3) is 0 Å². The second-order valence-corrected chi connectivity index (χ2v) is 3.01. The van der Waals surface area contributed by atoms with Crippen LogP contribution >= 0.6 is 11.8 Å². The highest BCUT2D eigenvalue weighted by molar-refractivity contribution is 7.98. The molecule has 11 heavy (non-hydrogen) atoms. The summed E-state index contributed by atoms with van der Waals surface area (Å²) in [5.74, 6) is 0.334. The highest BCUT2D eigenvalue weighted by Gasteiger charge is 2.12. The first-order valence-electron chi connectivity index (χ1n) is 3.20. The standard InChI is InChI=1S/C6H12N2O2S/c1-11-3-2-5(6(7)10)8-4-9/h4-5H,2-3H2,1H3,(H2,7,10)(H,8,9). The lowest BCUT2D eigenvalue weighted by atomic mass is 10.2. The molecule has 5 heteroatoms. The van der Waals surface area contributed by atoms with Crippen molar-refractivity contribution < 1.29 is 9.59 Å². The number of nitrogens with one attached hydrogen (secondary N) is 1. The third kappa shape index (κ3) is 4.66. The van der Waals surface area contributed by atoms with Crippen molar-refractivity contribution >= 4 is 24.1 Å². The summed E-state index contributed by atoms with van der Waals surface area (Å²) in [5.41, 5.74) is 4.99. The molecule has 0 aromatic heterocycles. The molecule has 0 radical (unpaired) electrons. The van der Waals surface area contributed by atoms with E-state index in [9.17, 15) is 9.59 Å². The zero-order valence-electron chi connectivity index (χ0n) is 6.37. The summed E-state index contributed by atoms with van der Waals surface area (Å²) in [7, 11) is 0. The average Bonchev–Trinajstić information content (AvgIpc) is 1.97. The Morgan fingerprint density at radius 2 is 2.45 bits per heavy atom. The normalized spacial score (nSPS) is 12.1. The molecule has 0 bridgehead atoms. The Kier molecular flexibility index (Phi) is 5.64. The van der Waals surface area contributed by atoms with E-state index in [0.29, 0.717) is 12.8 Å². The van der Waals surface area contributed by atoms with E-state index in [4.69, 9.17) is 5.73 Å². The van der Waals surface area contributed by atoms with Crippen LogP contribution in [0.5, 0.6) is 0 Å². The van der Waals surface area contributed by atoms with Gasteiger partial charge in [-0.3, -0.25) is 9.59 Å². The fourth-order valence-corrected chi connectivity index (χ4v) is 1.10. The fraction of sp³-hybridized carbons (Fsp3) is 0.667. The molecule has 0 rings (SSSR count). The van der Waals surface area contributed by atoms with E-state index in [0.717, 1.165) is 5.75 Å². The number of hydrogen-bond acceptors (Lipinski definition) is 3. The predicted molar refractivity (Wildman–Crippen MR) is 45.2 cm³/mol. The molecule has 0 aliphatic carbocycles. The van der Waals surface area contributed by atoms with Crippen LogP contribution in [-0.4, -0.2) is 30.4 Å². The molecule has 64 valence electrons. The largest absolute Gasteiger partial charge is 0.368 e. The second-order valence-electron chi connectivity index (χ2n) is 2.02. The highest BCUT2D eigenvalue weighted by Crippen LogP contribution is 1.99. The lowest BCUT2D eigenvalue weighted by Crippen LogP contribution is -2.40. The number of rotatable bonds is 6. The first kappa shape index (κ1) is 10.3. The van der Waals surface area contributed by atoms with E-state index in [1.165, 1.54) is 0 Å². The Hall–Kier alpha value is -0.710. The Morgan fingerprint density at radius 1 is 1.82 bits per heavy atom. The van der Waals surface area contributed by atoms with Gasteiger partial charge in [0.05, 0.1) is 0 Å². The third-order valence-electron chi connectivity index (χ3n) is 1.22. The third-order valence-corrected chi connectivity index (χ3v) is 1.87. The van der Waals surface area contributed by atoms with Gasteiger partial charge in [0.1, 0.15) is 6.04 Å². The van der Waals surface area contributed by atoms with E-state index >= 15 is 0 Å². The van der Waals surface area contributed by atoms with Crippen LogP contribution in [0.3, 0.4) is 0 Å². The lowest BCUT2D eigenvalue weighted by molar-refractivity contribution is -0.122. The SMILES string of the molecule is CSCCC(NC=O)C(N)=O. The summed E-state index contributed by atoms with van der Waals surface area (Å²) in [6, 6.07) is -0.514. The molecule has 0 aliphatic heterocycles. The Bertz CT molecular complexity index is 141. The van der Waals surface area contributed by atoms with Crippen LogP contribution in [0.1, 0.15) is 6.42 Å². The van der Waals surface area contributed by atoms with Crippen molar-refractivity contribution in [1.82, 2.24) is 5.32 Å². The Balaban J connectivity index is 3.69. The smallest absolute Gasteiger partial charge is 0.240 e. The van der Waals surface area contributed by atoms with Crippen LogP contribution in [-0.2, 0) is 9.59 Å². The van der Waals surface area contributed by atoms with E-state index in [1.54, 1.807) is 11.8 Å². The molecule has 3 N–H and O–H groups in total. The summed E-state index contributed by atoms with van der Waals surface area (Å²) >= 11 is 1.61. The zero-order valence-corrected chi connectivity index (χ0v) is 7.19. The van der Waals surface area contributed by atoms with Crippen molar-refractivity contribution in [2.75, 3.05) is 12.0 Å². The van der Waals surface area contributed by atoms with Crippen LogP contribution in [0, 0.1) is 0 Å². The van der Waals surface area contributed by atoms with Gasteiger partial charge >= 0.3 is 0 Å². The second kappa shape index (κ2) is 6.03. The molecule has 0 saturated carbocycles. The minimum absolute atomic E-state index is 0.480. The number of hydrogen-bond donors (Lipinski definition) is 2. The van der Waals surface area contributed by atoms with E-state index in [2.05, 4.69) is 5.32 Å². The van der Waals surface area contributed by atoms with Gasteiger partial charge in [-0.1, -0.05) is 0 Å². The molecule has 0 heterocycles. The van der Waals surface area contributed by atoms with E-state index in [1.807, 2.05) is 6.26 Å². The molecule has 0 saturated heterocycles. The molecule has 1 unspecified atom stereocenters. The summed E-state index contributed by atoms with van der Waals surface area (Å²) < 4.78 is 0. The molecule has 0 aromatic carbocycles. The summed E-state index contributed by atoms with van der Waals surface area (Å²) in [5, 5.41) is 2.35. The number of primary amides is 1. The zero-order chi connectivity index (χ0) is 8.69. The minimum atomic E-state index is -0.514. The first-order chi connectivity index (χ1) is 5.22. The summed E-state index contributed by atoms with van der Waals surface area (Å²) in [6.45, 7) is 0. The van der Waals surface area contributed by atoms with Crippen molar-refractivity contribution in [3.05, 3.63) is 0 Å². The fourth-order valence-electron chi connectivity index (χ4n) is 0.626. The molecule has 0 spiro atoms. The maximum atomic E-state index is 10.6. The van der Waals surface area contributed by atoms with Crippen LogP contribution in [0.4, 0.5) is 0 Å². The van der Waals surface area contributed by atoms with Crippen molar-refractivity contribution in [3.8, 4) is 0 Å². The number of amides is 2. The van der Waals surface area contributed by atoms with Crippen LogP contribution in [0.2, 0.25) is 0 Å². The maximum Gasteiger partial charge on any atom is 0.240 e. The maximum absolute atomic E-state index is 10.6. The number of carbonyl (C=O) groups is 2. The van der Waals surface area contributed by atoms with Gasteiger partial charge in [-0.05, 0) is 18.4 Å². The van der Waals surface area contributed by atoms with Crippen molar-refractivity contribution in [2.45, 2.75) is 12.5 Å². The molecular weight excluding hydrogens is 164 g/mol. The lowest BCUT2D eigenvalue weighted by Gasteiger charge is -2.09. The van der Waals surface area contributed by atoms with Gasteiger partial charge in [-0.2, -0.15) is 11.8 Å². The van der Waals surface area contributed by atoms with E-state index < -0.39 is 11.9 Å². The van der Waals surface area contributed by atoms with Crippen molar-refractivity contribution in [1.29, 1.82) is 0 Å². The first-order valence-corrected chi connectivity index (χ1v) is 4.59. The topological polar surface area (TPSA) is 72.2 Å². The van der Waals surface area contributed by atoms with Crippen LogP contribution < -0.4 is 11.1 Å². The number of nitrogens with two attached hydrogens (primary N) is 1. The minimum Gasteiger partial charge on any atom is -0.368 e. The Labute approximate surface area is 69.9 Å². The summed E-state index contributed by atoms with van der Waals surface area (Å²) in [6.07, 6.45) is 3.02. The van der Waals surface area contributed by atoms with Gasteiger partial charge in [0, 0.05) is 0 Å². The molecule has 2 amide bonds. The van der Waals surface area contributed by atoms with Gasteiger partial charge in [0.25, 0.3) is 0 Å². The molecule has 0 aromatic rings. The van der Waals surface area contributed by atoms with Gasteiger partial charge in [0.15, 0.2) is 0 Å². The number of thioether (sulfide) groups is 1. The van der Waals surface area contributed by atoms with Gasteiger partial charge < -0.3 is 11.1 Å². The van der Waals surface area contributed by atoms with Gasteiger partial charge in [-0.15, -0.1) is 0 Å². The van der Waals surface area contributed by atoms with E-state index in [-0.39, 0.29) is 0 Å². The van der Waals surface area contributed by atoms with Gasteiger partial charge in [0.2, 0.25) is 12.3 Å². The molecule has 4 nitrogen and oxygen atoms in total. The van der Waals surface area contributed by atoms with Crippen LogP contribution in [0.15, 0.2) is 0 Å². The number of carbonyl (C=O) groups excluding carboxylic acids is 2. The Morgan fingerprint density at radius 3 is 2.82 bits per heavy atom. The average molecular weight is 176 g/mol. The predicted octanol–water partition coefficient (Wildman–Crippen LogP) is -0.661.